The number of nitrogens with zero attached hydrogens (tertiary/aromatic N) is 1. The monoisotopic (exact) mass is 155 g/mol. The summed E-state index contributed by atoms with van der Waals surface area (Å²) < 4.78 is 0. The van der Waals surface area contributed by atoms with Crippen LogP contribution in [0.3, 0.4) is 0 Å². The highest BCUT2D eigenvalue weighted by Crippen LogP contribution is 1.99. The second-order valence-corrected chi connectivity index (χ2v) is 1.86. The van der Waals surface area contributed by atoms with Crippen LogP contribution in [0.1, 0.15) is 6.92 Å². The lowest BCUT2D eigenvalue weighted by molar-refractivity contribution is -0.148. The number of nitriles is 1. The van der Waals surface area contributed by atoms with Gasteiger partial charge in [0.2, 0.25) is 0 Å². The molecule has 0 aliphatic heterocycles. The highest BCUT2D eigenvalue weighted by molar-refractivity contribution is 6.20. The van der Waals surface area contributed by atoms with Gasteiger partial charge in [-0.2, -0.15) is 5.26 Å². The average molecular weight is 155 g/mol. The van der Waals surface area contributed by atoms with E-state index in [1.54, 1.807) is 0 Å². The van der Waals surface area contributed by atoms with E-state index >= 15 is 0 Å². The Balaban J connectivity index is 4.65. The number of carboxylic acid groups (broad SMARTS) is 1. The lowest BCUT2D eigenvalue weighted by Gasteiger charge is -1.99. The van der Waals surface area contributed by atoms with Crippen LogP contribution in [0.25, 0.3) is 0 Å². The molecular formula is C6H5NO4. The summed E-state index contributed by atoms with van der Waals surface area (Å²) in [5.41, 5.74) is 0. The zero-order chi connectivity index (χ0) is 9.02. The van der Waals surface area contributed by atoms with Crippen molar-refractivity contribution < 1.29 is 19.5 Å². The molecule has 0 amide bonds. The van der Waals surface area contributed by atoms with Gasteiger partial charge in [0, 0.05) is 0 Å². The fourth-order valence-electron chi connectivity index (χ4n) is 0.535. The molecule has 0 rings (SSSR count). The molecule has 5 nitrogen and oxygen atoms in total. The van der Waals surface area contributed by atoms with Crippen molar-refractivity contribution in [3.05, 3.63) is 0 Å². The molecule has 0 fully saturated rings. The van der Waals surface area contributed by atoms with Crippen molar-refractivity contribution in [3.8, 4) is 6.07 Å². The van der Waals surface area contributed by atoms with Crippen molar-refractivity contribution in [1.29, 1.82) is 5.26 Å². The van der Waals surface area contributed by atoms with E-state index < -0.39 is 23.5 Å². The lowest BCUT2D eigenvalue weighted by Crippen LogP contribution is -2.28. The first-order valence-corrected chi connectivity index (χ1v) is 2.68. The molecule has 0 aromatic heterocycles. The van der Waals surface area contributed by atoms with E-state index in [1.165, 1.54) is 0 Å². The summed E-state index contributed by atoms with van der Waals surface area (Å²) in [6.07, 6.45) is 0. The van der Waals surface area contributed by atoms with Crippen molar-refractivity contribution in [2.75, 3.05) is 0 Å². The third-order valence-electron chi connectivity index (χ3n) is 1.03. The second-order valence-electron chi connectivity index (χ2n) is 1.86. The molecule has 0 radical (unpaired) electrons. The van der Waals surface area contributed by atoms with Crippen molar-refractivity contribution in [2.45, 2.75) is 6.92 Å². The van der Waals surface area contributed by atoms with Crippen LogP contribution < -0.4 is 0 Å². The van der Waals surface area contributed by atoms with Gasteiger partial charge in [-0.25, -0.2) is 0 Å². The van der Waals surface area contributed by atoms with Crippen LogP contribution in [0.4, 0.5) is 0 Å². The van der Waals surface area contributed by atoms with Gasteiger partial charge in [-0.15, -0.1) is 0 Å². The number of aliphatic carboxylic acids is 1. The van der Waals surface area contributed by atoms with E-state index in [4.69, 9.17) is 10.4 Å². The fraction of sp³-hybridized carbons (Fsp3) is 0.333. The Morgan fingerprint density at radius 3 is 2.00 bits per heavy atom. The van der Waals surface area contributed by atoms with Gasteiger partial charge in [-0.05, 0) is 6.92 Å². The molecule has 11 heavy (non-hydrogen) atoms. The third-order valence-corrected chi connectivity index (χ3v) is 1.03. The largest absolute Gasteiger partial charge is 0.480 e. The summed E-state index contributed by atoms with van der Waals surface area (Å²) in [6.45, 7) is 0.952. The third kappa shape index (κ3) is 2.18. The van der Waals surface area contributed by atoms with Crippen LogP contribution >= 0.6 is 0 Å². The van der Waals surface area contributed by atoms with Gasteiger partial charge >= 0.3 is 5.97 Å². The van der Waals surface area contributed by atoms with Gasteiger partial charge in [-0.3, -0.25) is 14.4 Å². The SMILES string of the molecule is CC(=O)C(C(=O)O)C(=O)C#N. The summed E-state index contributed by atoms with van der Waals surface area (Å²) in [4.78, 5) is 31.0. The molecule has 0 aromatic carbocycles. The van der Waals surface area contributed by atoms with E-state index in [2.05, 4.69) is 0 Å². The van der Waals surface area contributed by atoms with Crippen LogP contribution in [0, 0.1) is 17.2 Å². The zero-order valence-electron chi connectivity index (χ0n) is 5.70. The van der Waals surface area contributed by atoms with Crippen LogP contribution in [0.15, 0.2) is 0 Å². The number of rotatable bonds is 3. The maximum Gasteiger partial charge on any atom is 0.322 e. The quantitative estimate of drug-likeness (QED) is 0.432. The van der Waals surface area contributed by atoms with Gasteiger partial charge in [0.1, 0.15) is 6.07 Å². The molecule has 58 valence electrons. The van der Waals surface area contributed by atoms with E-state index in [0.29, 0.717) is 0 Å². The molecule has 0 saturated heterocycles. The van der Waals surface area contributed by atoms with E-state index in [9.17, 15) is 14.4 Å². The van der Waals surface area contributed by atoms with E-state index in [-0.39, 0.29) is 0 Å². The zero-order valence-corrected chi connectivity index (χ0v) is 5.70. The normalized spacial score (nSPS) is 11.3. The number of hydrogen-bond acceptors (Lipinski definition) is 4. The molecule has 0 saturated carbocycles. The van der Waals surface area contributed by atoms with Gasteiger partial charge in [-0.1, -0.05) is 0 Å². The van der Waals surface area contributed by atoms with Gasteiger partial charge in [0.05, 0.1) is 0 Å². The first-order valence-electron chi connectivity index (χ1n) is 2.68. The summed E-state index contributed by atoms with van der Waals surface area (Å²) in [7, 11) is 0. The van der Waals surface area contributed by atoms with Crippen molar-refractivity contribution in [1.82, 2.24) is 0 Å². The summed E-state index contributed by atoms with van der Waals surface area (Å²) in [5.74, 6) is -5.46. The molecule has 0 heterocycles. The molecular weight excluding hydrogens is 150 g/mol. The Morgan fingerprint density at radius 1 is 1.45 bits per heavy atom. The van der Waals surface area contributed by atoms with Crippen molar-refractivity contribution in [3.63, 3.8) is 0 Å². The molecule has 5 heteroatoms. The maximum atomic E-state index is 10.4. The van der Waals surface area contributed by atoms with Gasteiger partial charge in [0.25, 0.3) is 5.78 Å². The predicted octanol–water partition coefficient (Wildman–Crippen LogP) is -0.631. The molecule has 0 aromatic rings. The Kier molecular flexibility index (Phi) is 2.93. The number of hydrogen-bond donors (Lipinski definition) is 1. The Hall–Kier alpha value is -1.70. The molecule has 1 atom stereocenters. The number of carbonyl (C=O) groups excluding carboxylic acids is 2. The summed E-state index contributed by atoms with van der Waals surface area (Å²) in [6, 6.07) is 1.09. The first kappa shape index (κ1) is 9.30. The minimum absolute atomic E-state index is 0.830. The lowest BCUT2D eigenvalue weighted by atomic mass is 10.0. The van der Waals surface area contributed by atoms with Gasteiger partial charge in [0.15, 0.2) is 11.7 Å². The van der Waals surface area contributed by atoms with Crippen LogP contribution in [0.2, 0.25) is 0 Å². The first-order chi connectivity index (χ1) is 5.00. The fourth-order valence-corrected chi connectivity index (χ4v) is 0.535. The second kappa shape index (κ2) is 3.46. The summed E-state index contributed by atoms with van der Waals surface area (Å²) in [5, 5.41) is 16.2. The number of carbonyl (C=O) groups is 3. The van der Waals surface area contributed by atoms with E-state index in [1.807, 2.05) is 0 Å². The Bertz CT molecular complexity index is 236. The highest BCUT2D eigenvalue weighted by atomic mass is 16.4. The Morgan fingerprint density at radius 2 is 1.91 bits per heavy atom. The molecule has 1 unspecified atom stereocenters. The maximum absolute atomic E-state index is 10.4. The van der Waals surface area contributed by atoms with Crippen LogP contribution in [0.5, 0.6) is 0 Å². The molecule has 0 spiro atoms. The Labute approximate surface area is 62.2 Å². The minimum Gasteiger partial charge on any atom is -0.480 e. The van der Waals surface area contributed by atoms with Gasteiger partial charge < -0.3 is 5.11 Å². The molecule has 1 N–H and O–H groups in total. The van der Waals surface area contributed by atoms with E-state index in [0.717, 1.165) is 13.0 Å². The average Bonchev–Trinajstić information content (AvgIpc) is 1.85. The number of ketones is 2. The standard InChI is InChI=1S/C6H5NO4/c1-3(8)5(6(10)11)4(9)2-7/h5H,1H3,(H,10,11). The van der Waals surface area contributed by atoms with Crippen molar-refractivity contribution in [2.24, 2.45) is 5.92 Å². The van der Waals surface area contributed by atoms with Crippen LogP contribution in [-0.2, 0) is 14.4 Å². The minimum atomic E-state index is -1.82. The predicted molar refractivity (Wildman–Crippen MR) is 32.4 cm³/mol. The molecule has 0 aliphatic carbocycles. The highest BCUT2D eigenvalue weighted by Gasteiger charge is 2.30. The molecule has 0 aliphatic rings. The van der Waals surface area contributed by atoms with Crippen molar-refractivity contribution >= 4 is 17.5 Å². The molecule has 0 bridgehead atoms. The summed E-state index contributed by atoms with van der Waals surface area (Å²) >= 11 is 0. The van der Waals surface area contributed by atoms with Crippen LogP contribution in [-0.4, -0.2) is 22.6 Å². The number of Topliss-reactive ketones (excluding diaryl/α,β-unsaturated/α-hetero) is 2. The number of carboxylic acids is 1. The smallest absolute Gasteiger partial charge is 0.322 e. The topological polar surface area (TPSA) is 95.2 Å².